The van der Waals surface area contributed by atoms with Gasteiger partial charge in [-0.1, -0.05) is 24.3 Å². The van der Waals surface area contributed by atoms with Crippen molar-refractivity contribution in [3.63, 3.8) is 0 Å². The molecule has 0 aromatic heterocycles. The molecule has 0 radical (unpaired) electrons. The SMILES string of the molecule is CNC(=O)c1cc(O)c2ccccc2c1O. The molecule has 0 heterocycles. The first-order valence-corrected chi connectivity index (χ1v) is 4.81. The average molecular weight is 217 g/mol. The fraction of sp³-hybridized carbons (Fsp3) is 0.0833. The number of fused-ring (bicyclic) bond motifs is 1. The molecule has 2 aromatic carbocycles. The monoisotopic (exact) mass is 217 g/mol. The van der Waals surface area contributed by atoms with Crippen LogP contribution in [0.5, 0.6) is 11.5 Å². The third-order valence-corrected chi connectivity index (χ3v) is 2.47. The number of phenols is 2. The predicted octanol–water partition coefficient (Wildman–Crippen LogP) is 1.61. The highest BCUT2D eigenvalue weighted by atomic mass is 16.3. The number of rotatable bonds is 1. The molecular weight excluding hydrogens is 206 g/mol. The number of carbonyl (C=O) groups excluding carboxylic acids is 1. The number of phenolic OH excluding ortho intramolecular Hbond substituents is 2. The minimum atomic E-state index is -0.432. The van der Waals surface area contributed by atoms with E-state index in [1.54, 1.807) is 24.3 Å². The molecule has 3 N–H and O–H groups in total. The Morgan fingerprint density at radius 2 is 1.81 bits per heavy atom. The minimum absolute atomic E-state index is 0.0213. The van der Waals surface area contributed by atoms with Gasteiger partial charge in [0.05, 0.1) is 5.56 Å². The molecule has 2 aromatic rings. The van der Waals surface area contributed by atoms with Crippen LogP contribution in [0, 0.1) is 0 Å². The Morgan fingerprint density at radius 3 is 2.44 bits per heavy atom. The Hall–Kier alpha value is -2.23. The number of benzene rings is 2. The molecule has 0 atom stereocenters. The van der Waals surface area contributed by atoms with Crippen LogP contribution in [-0.2, 0) is 0 Å². The smallest absolute Gasteiger partial charge is 0.254 e. The van der Waals surface area contributed by atoms with E-state index in [0.717, 1.165) is 0 Å². The van der Waals surface area contributed by atoms with E-state index in [4.69, 9.17) is 0 Å². The lowest BCUT2D eigenvalue weighted by Gasteiger charge is -2.08. The van der Waals surface area contributed by atoms with Crippen LogP contribution < -0.4 is 5.32 Å². The minimum Gasteiger partial charge on any atom is -0.507 e. The Kier molecular flexibility index (Phi) is 2.40. The number of nitrogens with one attached hydrogen (secondary N) is 1. The average Bonchev–Trinajstić information content (AvgIpc) is 2.33. The lowest BCUT2D eigenvalue weighted by atomic mass is 10.0. The van der Waals surface area contributed by atoms with Gasteiger partial charge in [0.25, 0.3) is 5.91 Å². The van der Waals surface area contributed by atoms with Crippen molar-refractivity contribution in [3.8, 4) is 11.5 Å². The van der Waals surface area contributed by atoms with Gasteiger partial charge in [-0.2, -0.15) is 0 Å². The van der Waals surface area contributed by atoms with Crippen molar-refractivity contribution in [1.82, 2.24) is 5.32 Å². The summed E-state index contributed by atoms with van der Waals surface area (Å²) in [4.78, 5) is 11.4. The molecule has 4 nitrogen and oxygen atoms in total. The number of carbonyl (C=O) groups is 1. The van der Waals surface area contributed by atoms with Crippen LogP contribution in [0.25, 0.3) is 10.8 Å². The fourth-order valence-electron chi connectivity index (χ4n) is 1.65. The van der Waals surface area contributed by atoms with Gasteiger partial charge in [0, 0.05) is 17.8 Å². The molecule has 2 rings (SSSR count). The van der Waals surface area contributed by atoms with Gasteiger partial charge < -0.3 is 15.5 Å². The zero-order valence-electron chi connectivity index (χ0n) is 8.69. The molecule has 0 aliphatic carbocycles. The standard InChI is InChI=1S/C12H11NO3/c1-13-12(16)9-6-10(14)7-4-2-3-5-8(7)11(9)15/h2-6,14-15H,1H3,(H,13,16). The summed E-state index contributed by atoms with van der Waals surface area (Å²) in [6.07, 6.45) is 0. The first-order valence-electron chi connectivity index (χ1n) is 4.81. The molecule has 0 aliphatic heterocycles. The Morgan fingerprint density at radius 1 is 1.19 bits per heavy atom. The van der Waals surface area contributed by atoms with Crippen LogP contribution in [0.4, 0.5) is 0 Å². The van der Waals surface area contributed by atoms with Gasteiger partial charge >= 0.3 is 0 Å². The molecule has 82 valence electrons. The third-order valence-electron chi connectivity index (χ3n) is 2.47. The summed E-state index contributed by atoms with van der Waals surface area (Å²) in [5, 5.41) is 23.0. The highest BCUT2D eigenvalue weighted by molar-refractivity contribution is 6.05. The molecule has 16 heavy (non-hydrogen) atoms. The van der Waals surface area contributed by atoms with Gasteiger partial charge in [0.2, 0.25) is 0 Å². The number of amides is 1. The van der Waals surface area contributed by atoms with Crippen LogP contribution in [0.3, 0.4) is 0 Å². The van der Waals surface area contributed by atoms with Crippen LogP contribution in [0.1, 0.15) is 10.4 Å². The molecule has 0 fully saturated rings. The van der Waals surface area contributed by atoms with Crippen molar-refractivity contribution < 1.29 is 15.0 Å². The Labute approximate surface area is 92.1 Å². The van der Waals surface area contributed by atoms with Crippen molar-refractivity contribution in [2.75, 3.05) is 7.05 Å². The van der Waals surface area contributed by atoms with Crippen LogP contribution >= 0.6 is 0 Å². The topological polar surface area (TPSA) is 69.6 Å². The largest absolute Gasteiger partial charge is 0.507 e. The molecular formula is C12H11NO3. The molecule has 0 unspecified atom stereocenters. The van der Waals surface area contributed by atoms with E-state index < -0.39 is 5.91 Å². The number of hydrogen-bond acceptors (Lipinski definition) is 3. The van der Waals surface area contributed by atoms with Gasteiger partial charge in [-0.3, -0.25) is 4.79 Å². The van der Waals surface area contributed by atoms with Crippen molar-refractivity contribution in [3.05, 3.63) is 35.9 Å². The summed E-state index contributed by atoms with van der Waals surface area (Å²) in [5.74, 6) is -0.571. The normalized spacial score (nSPS) is 10.3. The first kappa shape index (κ1) is 10.3. The van der Waals surface area contributed by atoms with Crippen molar-refractivity contribution in [2.24, 2.45) is 0 Å². The molecule has 0 saturated heterocycles. The molecule has 0 bridgehead atoms. The van der Waals surface area contributed by atoms with Gasteiger partial charge in [0.1, 0.15) is 11.5 Å². The maximum atomic E-state index is 11.4. The zero-order valence-corrected chi connectivity index (χ0v) is 8.69. The highest BCUT2D eigenvalue weighted by Gasteiger charge is 2.15. The van der Waals surface area contributed by atoms with Gasteiger partial charge in [0.15, 0.2) is 0 Å². The van der Waals surface area contributed by atoms with E-state index in [1.807, 2.05) is 0 Å². The molecule has 1 amide bonds. The summed E-state index contributed by atoms with van der Waals surface area (Å²) in [6.45, 7) is 0. The second-order valence-electron chi connectivity index (χ2n) is 3.42. The summed E-state index contributed by atoms with van der Waals surface area (Å²) in [7, 11) is 1.47. The Balaban J connectivity index is 2.80. The van der Waals surface area contributed by atoms with Crippen molar-refractivity contribution >= 4 is 16.7 Å². The summed E-state index contributed by atoms with van der Waals surface area (Å²) < 4.78 is 0. The third kappa shape index (κ3) is 1.44. The molecule has 0 saturated carbocycles. The summed E-state index contributed by atoms with van der Waals surface area (Å²) in [6, 6.07) is 8.07. The highest BCUT2D eigenvalue weighted by Crippen LogP contribution is 2.34. The van der Waals surface area contributed by atoms with E-state index in [9.17, 15) is 15.0 Å². The van der Waals surface area contributed by atoms with Crippen LogP contribution in [0.2, 0.25) is 0 Å². The predicted molar refractivity (Wildman–Crippen MR) is 60.7 cm³/mol. The number of hydrogen-bond donors (Lipinski definition) is 3. The summed E-state index contributed by atoms with van der Waals surface area (Å²) >= 11 is 0. The molecule has 0 aliphatic rings. The summed E-state index contributed by atoms with van der Waals surface area (Å²) in [5.41, 5.74) is 0.0682. The second-order valence-corrected chi connectivity index (χ2v) is 3.42. The van der Waals surface area contributed by atoms with Gasteiger partial charge in [-0.25, -0.2) is 0 Å². The maximum Gasteiger partial charge on any atom is 0.254 e. The van der Waals surface area contributed by atoms with E-state index in [2.05, 4.69) is 5.32 Å². The first-order chi connectivity index (χ1) is 7.65. The van der Waals surface area contributed by atoms with Gasteiger partial charge in [-0.05, 0) is 6.07 Å². The lowest BCUT2D eigenvalue weighted by Crippen LogP contribution is -2.17. The van der Waals surface area contributed by atoms with Crippen molar-refractivity contribution in [1.29, 1.82) is 0 Å². The Bertz CT molecular complexity index is 563. The van der Waals surface area contributed by atoms with E-state index in [0.29, 0.717) is 10.8 Å². The maximum absolute atomic E-state index is 11.4. The number of aromatic hydroxyl groups is 2. The zero-order chi connectivity index (χ0) is 11.7. The molecule has 4 heteroatoms. The van der Waals surface area contributed by atoms with E-state index in [1.165, 1.54) is 13.1 Å². The fourth-order valence-corrected chi connectivity index (χ4v) is 1.65. The second kappa shape index (κ2) is 3.73. The van der Waals surface area contributed by atoms with Crippen LogP contribution in [0.15, 0.2) is 30.3 Å². The van der Waals surface area contributed by atoms with E-state index in [-0.39, 0.29) is 17.1 Å². The van der Waals surface area contributed by atoms with Gasteiger partial charge in [-0.15, -0.1) is 0 Å². The van der Waals surface area contributed by atoms with E-state index >= 15 is 0 Å². The van der Waals surface area contributed by atoms with Crippen molar-refractivity contribution in [2.45, 2.75) is 0 Å². The van der Waals surface area contributed by atoms with Crippen LogP contribution in [-0.4, -0.2) is 23.2 Å². The molecule has 0 spiro atoms. The quantitative estimate of drug-likeness (QED) is 0.635. The lowest BCUT2D eigenvalue weighted by molar-refractivity contribution is 0.0960.